The van der Waals surface area contributed by atoms with Crippen LogP contribution >= 0.6 is 11.8 Å². The maximum absolute atomic E-state index is 13.4. The topological polar surface area (TPSA) is 77.1 Å². The Morgan fingerprint density at radius 3 is 2.86 bits per heavy atom. The maximum atomic E-state index is 13.4. The number of thioether (sulfide) groups is 1. The van der Waals surface area contributed by atoms with E-state index in [1.54, 1.807) is 19.1 Å². The van der Waals surface area contributed by atoms with Gasteiger partial charge in [0.05, 0.1) is 5.75 Å². The fourth-order valence-corrected chi connectivity index (χ4v) is 3.94. The number of nitrogens with one attached hydrogen (secondary N) is 1. The lowest BCUT2D eigenvalue weighted by atomic mass is 10.2. The average molecular weight is 411 g/mol. The fraction of sp³-hybridized carbons (Fsp3) is 0.190. The predicted molar refractivity (Wildman–Crippen MR) is 112 cm³/mol. The second-order valence-corrected chi connectivity index (χ2v) is 7.46. The second kappa shape index (κ2) is 7.71. The van der Waals surface area contributed by atoms with E-state index in [1.165, 1.54) is 16.7 Å². The fourth-order valence-electron chi connectivity index (χ4n) is 3.09. The van der Waals surface area contributed by atoms with Crippen molar-refractivity contribution in [1.29, 1.82) is 0 Å². The standard InChI is InChI=1S/C21H18FN3O3S/c1-3-25-20(27)19-18(14-6-4-5-7-16(14)28-19)24-21(25)29-11-17(26)23-15-10-13(22)9-8-12(15)2/h4-10H,3,11H2,1-2H3,(H,23,26). The molecule has 1 amide bonds. The Bertz CT molecular complexity index is 1300. The number of benzene rings is 2. The summed E-state index contributed by atoms with van der Waals surface area (Å²) in [5.41, 5.74) is 2.19. The third-order valence-corrected chi connectivity index (χ3v) is 5.55. The number of hydrogen-bond acceptors (Lipinski definition) is 5. The van der Waals surface area contributed by atoms with Crippen LogP contribution in [-0.2, 0) is 11.3 Å². The van der Waals surface area contributed by atoms with Crippen molar-refractivity contribution in [2.24, 2.45) is 0 Å². The molecule has 6 nitrogen and oxygen atoms in total. The van der Waals surface area contributed by atoms with Crippen molar-refractivity contribution >= 4 is 45.4 Å². The molecule has 0 unspecified atom stereocenters. The molecule has 4 rings (SSSR count). The molecule has 0 aliphatic carbocycles. The molecule has 29 heavy (non-hydrogen) atoms. The highest BCUT2D eigenvalue weighted by molar-refractivity contribution is 7.99. The molecule has 4 aromatic rings. The van der Waals surface area contributed by atoms with Crippen molar-refractivity contribution in [3.63, 3.8) is 0 Å². The van der Waals surface area contributed by atoms with Gasteiger partial charge < -0.3 is 9.73 Å². The van der Waals surface area contributed by atoms with Gasteiger partial charge in [-0.1, -0.05) is 30.0 Å². The minimum Gasteiger partial charge on any atom is -0.448 e. The summed E-state index contributed by atoms with van der Waals surface area (Å²) >= 11 is 1.15. The van der Waals surface area contributed by atoms with Gasteiger partial charge in [-0.2, -0.15) is 0 Å². The van der Waals surface area contributed by atoms with Crippen LogP contribution in [0.4, 0.5) is 10.1 Å². The van der Waals surface area contributed by atoms with Crippen LogP contribution in [0.2, 0.25) is 0 Å². The number of para-hydroxylation sites is 1. The van der Waals surface area contributed by atoms with Gasteiger partial charge in [0.25, 0.3) is 5.56 Å². The molecular formula is C21H18FN3O3S. The number of carbonyl (C=O) groups excluding carboxylic acids is 1. The summed E-state index contributed by atoms with van der Waals surface area (Å²) in [6, 6.07) is 11.5. The van der Waals surface area contributed by atoms with Crippen LogP contribution in [0.5, 0.6) is 0 Å². The molecule has 2 heterocycles. The van der Waals surface area contributed by atoms with Gasteiger partial charge in [-0.15, -0.1) is 0 Å². The van der Waals surface area contributed by atoms with Crippen molar-refractivity contribution < 1.29 is 13.6 Å². The summed E-state index contributed by atoms with van der Waals surface area (Å²) in [6.07, 6.45) is 0. The molecule has 0 saturated carbocycles. The van der Waals surface area contributed by atoms with Crippen LogP contribution in [0.3, 0.4) is 0 Å². The lowest BCUT2D eigenvalue weighted by molar-refractivity contribution is -0.113. The third-order valence-electron chi connectivity index (χ3n) is 4.57. The van der Waals surface area contributed by atoms with Gasteiger partial charge >= 0.3 is 0 Å². The summed E-state index contributed by atoms with van der Waals surface area (Å²) < 4.78 is 20.6. The first kappa shape index (κ1) is 19.2. The van der Waals surface area contributed by atoms with E-state index in [-0.39, 0.29) is 22.8 Å². The van der Waals surface area contributed by atoms with E-state index in [4.69, 9.17) is 4.42 Å². The Labute approximate surface area is 169 Å². The Kier molecular flexibility index (Phi) is 5.10. The van der Waals surface area contributed by atoms with Crippen LogP contribution in [0.25, 0.3) is 22.1 Å². The molecule has 0 bridgehead atoms. The number of fused-ring (bicyclic) bond motifs is 3. The Morgan fingerprint density at radius 1 is 1.28 bits per heavy atom. The minimum atomic E-state index is -0.419. The van der Waals surface area contributed by atoms with Gasteiger partial charge in [0.2, 0.25) is 11.5 Å². The highest BCUT2D eigenvalue weighted by Gasteiger charge is 2.18. The highest BCUT2D eigenvalue weighted by atomic mass is 32.2. The smallest absolute Gasteiger partial charge is 0.297 e. The molecule has 0 spiro atoms. The number of amides is 1. The van der Waals surface area contributed by atoms with Crippen molar-refractivity contribution in [2.75, 3.05) is 11.1 Å². The van der Waals surface area contributed by atoms with Crippen LogP contribution in [0.15, 0.2) is 56.8 Å². The molecule has 0 aliphatic heterocycles. The molecule has 1 N–H and O–H groups in total. The Hall–Kier alpha value is -3.13. The second-order valence-electron chi connectivity index (χ2n) is 6.52. The monoisotopic (exact) mass is 411 g/mol. The predicted octanol–water partition coefficient (Wildman–Crippen LogP) is 4.34. The van der Waals surface area contributed by atoms with Gasteiger partial charge in [-0.25, -0.2) is 9.37 Å². The largest absolute Gasteiger partial charge is 0.448 e. The number of nitrogens with zero attached hydrogens (tertiary/aromatic N) is 2. The molecule has 0 radical (unpaired) electrons. The lowest BCUT2D eigenvalue weighted by Gasteiger charge is -2.10. The quantitative estimate of drug-likeness (QED) is 0.390. The van der Waals surface area contributed by atoms with Crippen molar-refractivity contribution in [1.82, 2.24) is 9.55 Å². The van der Waals surface area contributed by atoms with Crippen LogP contribution in [-0.4, -0.2) is 21.2 Å². The van der Waals surface area contributed by atoms with Gasteiger partial charge in [0, 0.05) is 17.6 Å². The van der Waals surface area contributed by atoms with Crippen LogP contribution in [0.1, 0.15) is 12.5 Å². The molecule has 0 fully saturated rings. The molecule has 0 aliphatic rings. The van der Waals surface area contributed by atoms with E-state index in [0.717, 1.165) is 22.7 Å². The Balaban J connectivity index is 1.63. The number of aromatic nitrogens is 2. The normalized spacial score (nSPS) is 11.3. The SMILES string of the molecule is CCn1c(SCC(=O)Nc2cc(F)ccc2C)nc2c(oc3ccccc32)c1=O. The van der Waals surface area contributed by atoms with E-state index in [2.05, 4.69) is 10.3 Å². The molecule has 2 aromatic carbocycles. The van der Waals surface area contributed by atoms with Gasteiger partial charge in [0.15, 0.2) is 5.16 Å². The molecule has 0 atom stereocenters. The lowest BCUT2D eigenvalue weighted by Crippen LogP contribution is -2.23. The first-order valence-corrected chi connectivity index (χ1v) is 10.1. The molecule has 2 aromatic heterocycles. The van der Waals surface area contributed by atoms with E-state index < -0.39 is 5.82 Å². The van der Waals surface area contributed by atoms with Gasteiger partial charge in [0.1, 0.15) is 16.9 Å². The van der Waals surface area contributed by atoms with E-state index in [1.807, 2.05) is 25.1 Å². The molecular weight excluding hydrogens is 393 g/mol. The van der Waals surface area contributed by atoms with Crippen LogP contribution < -0.4 is 10.9 Å². The number of hydrogen-bond donors (Lipinski definition) is 1. The zero-order valence-electron chi connectivity index (χ0n) is 15.9. The zero-order chi connectivity index (χ0) is 20.5. The molecule has 0 saturated heterocycles. The summed E-state index contributed by atoms with van der Waals surface area (Å²) in [7, 11) is 0. The first-order valence-electron chi connectivity index (χ1n) is 9.08. The van der Waals surface area contributed by atoms with Crippen LogP contribution in [0, 0.1) is 12.7 Å². The number of carbonyl (C=O) groups is 1. The van der Waals surface area contributed by atoms with E-state index in [0.29, 0.717) is 28.5 Å². The summed E-state index contributed by atoms with van der Waals surface area (Å²) in [6.45, 7) is 4.01. The molecule has 8 heteroatoms. The van der Waals surface area contributed by atoms with Gasteiger partial charge in [-0.3, -0.25) is 14.2 Å². The summed E-state index contributed by atoms with van der Waals surface area (Å²) in [4.78, 5) is 29.8. The summed E-state index contributed by atoms with van der Waals surface area (Å²) in [5.74, 6) is -0.695. The highest BCUT2D eigenvalue weighted by Crippen LogP contribution is 2.27. The molecule has 148 valence electrons. The van der Waals surface area contributed by atoms with E-state index in [9.17, 15) is 14.0 Å². The maximum Gasteiger partial charge on any atom is 0.297 e. The van der Waals surface area contributed by atoms with Gasteiger partial charge in [-0.05, 0) is 43.7 Å². The van der Waals surface area contributed by atoms with Crippen molar-refractivity contribution in [3.05, 3.63) is 64.2 Å². The number of furan rings is 1. The average Bonchev–Trinajstić information content (AvgIpc) is 3.08. The first-order chi connectivity index (χ1) is 14.0. The number of aryl methyl sites for hydroxylation is 1. The Morgan fingerprint density at radius 2 is 2.07 bits per heavy atom. The van der Waals surface area contributed by atoms with Crippen molar-refractivity contribution in [3.8, 4) is 0 Å². The number of anilines is 1. The minimum absolute atomic E-state index is 0.0314. The number of halogens is 1. The number of rotatable bonds is 5. The van der Waals surface area contributed by atoms with Crippen molar-refractivity contribution in [2.45, 2.75) is 25.5 Å². The third kappa shape index (κ3) is 3.63. The summed E-state index contributed by atoms with van der Waals surface area (Å²) in [5, 5.41) is 3.89. The zero-order valence-corrected chi connectivity index (χ0v) is 16.7. The van der Waals surface area contributed by atoms with E-state index >= 15 is 0 Å².